The van der Waals surface area contributed by atoms with Crippen LogP contribution in [0, 0.1) is 5.92 Å². The summed E-state index contributed by atoms with van der Waals surface area (Å²) in [7, 11) is 0. The number of rotatable bonds is 18. The Morgan fingerprint density at radius 3 is 2.36 bits per heavy atom. The van der Waals surface area contributed by atoms with Crippen molar-refractivity contribution in [1.29, 1.82) is 0 Å². The predicted molar refractivity (Wildman–Crippen MR) is 176 cm³/mol. The van der Waals surface area contributed by atoms with Crippen LogP contribution in [0.5, 0.6) is 0 Å². The average molecular weight is 610 g/mol. The molecule has 0 aromatic heterocycles. The minimum Gasteiger partial charge on any atom is -0.480 e. The Kier molecular flexibility index (Phi) is 14.2. The Morgan fingerprint density at radius 2 is 1.64 bits per heavy atom. The molecule has 0 heterocycles. The van der Waals surface area contributed by atoms with Gasteiger partial charge in [0.1, 0.15) is 6.04 Å². The lowest BCUT2D eigenvalue weighted by molar-refractivity contribution is -0.142. The molecule has 0 aliphatic heterocycles. The normalized spacial score (nSPS) is 13.4. The zero-order valence-electron chi connectivity index (χ0n) is 24.8. The summed E-state index contributed by atoms with van der Waals surface area (Å²) in [5.74, 6) is 0.532. The molecule has 3 rings (SSSR count). The summed E-state index contributed by atoms with van der Waals surface area (Å²) in [6.45, 7) is 5.18. The summed E-state index contributed by atoms with van der Waals surface area (Å²) in [5, 5.41) is 17.8. The lowest BCUT2D eigenvalue weighted by atomic mass is 9.97. The number of carboxylic acid groups (broad SMARTS) is 1. The molecule has 0 aliphatic carbocycles. The van der Waals surface area contributed by atoms with Crippen molar-refractivity contribution in [2.45, 2.75) is 51.1 Å². The molecule has 3 aromatic rings. The van der Waals surface area contributed by atoms with Gasteiger partial charge in [0.2, 0.25) is 11.8 Å². The van der Waals surface area contributed by atoms with Gasteiger partial charge in [0.25, 0.3) is 0 Å². The van der Waals surface area contributed by atoms with Gasteiger partial charge in [-0.15, -0.1) is 11.8 Å². The van der Waals surface area contributed by atoms with Crippen molar-refractivity contribution in [3.05, 3.63) is 83.9 Å². The molecule has 0 saturated heterocycles. The lowest BCUT2D eigenvalue weighted by Gasteiger charge is -2.31. The first kappa shape index (κ1) is 33.5. The third-order valence-corrected chi connectivity index (χ3v) is 9.01. The van der Waals surface area contributed by atoms with E-state index in [1.807, 2.05) is 47.6 Å². The van der Waals surface area contributed by atoms with Crippen LogP contribution in [0.25, 0.3) is 10.8 Å². The van der Waals surface area contributed by atoms with Crippen LogP contribution < -0.4 is 10.6 Å². The second kappa shape index (κ2) is 17.8. The van der Waals surface area contributed by atoms with Crippen molar-refractivity contribution < 1.29 is 19.5 Å². The molecule has 0 bridgehead atoms. The van der Waals surface area contributed by atoms with Crippen LogP contribution in [0.2, 0.25) is 0 Å². The van der Waals surface area contributed by atoms with Gasteiger partial charge >= 0.3 is 5.97 Å². The first-order chi connectivity index (χ1) is 20.3. The molecule has 226 valence electrons. The smallest absolute Gasteiger partial charge is 0.326 e. The second-order valence-corrected chi connectivity index (χ2v) is 12.6. The zero-order valence-corrected chi connectivity index (χ0v) is 26.4. The first-order valence-electron chi connectivity index (χ1n) is 14.4. The number of nitrogens with zero attached hydrogens (tertiary/aromatic N) is 1. The van der Waals surface area contributed by atoms with Crippen LogP contribution in [0.3, 0.4) is 0 Å². The average Bonchev–Trinajstić information content (AvgIpc) is 2.99. The highest BCUT2D eigenvalue weighted by Crippen LogP contribution is 2.21. The highest BCUT2D eigenvalue weighted by molar-refractivity contribution is 7.99. The molecule has 0 radical (unpaired) electrons. The molecule has 42 heavy (non-hydrogen) atoms. The van der Waals surface area contributed by atoms with Gasteiger partial charge in [-0.1, -0.05) is 93.1 Å². The second-order valence-electron chi connectivity index (χ2n) is 10.6. The number of hydrogen-bond donors (Lipinski definition) is 3. The van der Waals surface area contributed by atoms with E-state index in [4.69, 9.17) is 0 Å². The third-order valence-electron chi connectivity index (χ3n) is 7.36. The number of carbonyl (C=O) groups is 3. The number of carbonyl (C=O) groups excluding carboxylic acids is 2. The van der Waals surface area contributed by atoms with Crippen molar-refractivity contribution in [3.8, 4) is 0 Å². The fraction of sp³-hybridized carbons (Fsp3) is 0.424. The quantitative estimate of drug-likeness (QED) is 0.177. The van der Waals surface area contributed by atoms with Gasteiger partial charge in [-0.25, -0.2) is 4.79 Å². The first-order valence-corrected chi connectivity index (χ1v) is 17.0. The topological polar surface area (TPSA) is 98.7 Å². The standard InChI is InChI=1S/C33H43N3O4S2/c1-4-24(2)30(35-32(38)23-42-22-25-11-6-5-7-12-25)20-36(21-31(37)34-29(33(39)40)17-18-41-3)19-27-15-10-14-26-13-8-9-16-28(26)27/h5-16,24,29-30H,4,17-23H2,1-3H3,(H,34,37)(H,35,38)(H,39,40)/t24?,29-,30+/m0/s1. The van der Waals surface area contributed by atoms with Crippen LogP contribution in [0.4, 0.5) is 0 Å². The Balaban J connectivity index is 1.75. The van der Waals surface area contributed by atoms with Crippen LogP contribution in [0.15, 0.2) is 72.8 Å². The minimum absolute atomic E-state index is 0.0256. The lowest BCUT2D eigenvalue weighted by Crippen LogP contribution is -2.51. The van der Waals surface area contributed by atoms with Gasteiger partial charge in [0.05, 0.1) is 12.3 Å². The summed E-state index contributed by atoms with van der Waals surface area (Å²) in [4.78, 5) is 40.0. The van der Waals surface area contributed by atoms with Crippen molar-refractivity contribution in [2.24, 2.45) is 5.92 Å². The Bertz CT molecular complexity index is 1290. The van der Waals surface area contributed by atoms with Crippen LogP contribution in [-0.2, 0) is 26.7 Å². The molecule has 0 saturated carbocycles. The van der Waals surface area contributed by atoms with Crippen LogP contribution >= 0.6 is 23.5 Å². The number of carboxylic acids is 1. The third kappa shape index (κ3) is 11.0. The number of thioether (sulfide) groups is 2. The van der Waals surface area contributed by atoms with Gasteiger partial charge in [-0.2, -0.15) is 11.8 Å². The number of benzene rings is 3. The number of amides is 2. The fourth-order valence-electron chi connectivity index (χ4n) is 4.81. The fourth-order valence-corrected chi connectivity index (χ4v) is 6.08. The van der Waals surface area contributed by atoms with Crippen LogP contribution in [0.1, 0.15) is 37.8 Å². The zero-order chi connectivity index (χ0) is 30.3. The van der Waals surface area contributed by atoms with E-state index in [9.17, 15) is 19.5 Å². The molecule has 7 nitrogen and oxygen atoms in total. The molecule has 9 heteroatoms. The predicted octanol–water partition coefficient (Wildman–Crippen LogP) is 5.43. The largest absolute Gasteiger partial charge is 0.480 e. The molecule has 3 atom stereocenters. The van der Waals surface area contributed by atoms with E-state index in [1.165, 1.54) is 5.56 Å². The maximum atomic E-state index is 13.2. The Morgan fingerprint density at radius 1 is 0.929 bits per heavy atom. The van der Waals surface area contributed by atoms with Crippen molar-refractivity contribution in [3.63, 3.8) is 0 Å². The maximum Gasteiger partial charge on any atom is 0.326 e. The van der Waals surface area contributed by atoms with Crippen LogP contribution in [-0.4, -0.2) is 70.7 Å². The molecular formula is C33H43N3O4S2. The maximum absolute atomic E-state index is 13.2. The highest BCUT2D eigenvalue weighted by Gasteiger charge is 2.25. The number of aliphatic carboxylic acids is 1. The molecule has 0 fully saturated rings. The molecule has 0 spiro atoms. The van der Waals surface area contributed by atoms with Gasteiger partial charge in [-0.3, -0.25) is 14.5 Å². The molecule has 1 unspecified atom stereocenters. The van der Waals surface area contributed by atoms with E-state index in [-0.39, 0.29) is 30.3 Å². The van der Waals surface area contributed by atoms with E-state index >= 15 is 0 Å². The monoisotopic (exact) mass is 609 g/mol. The molecule has 3 aromatic carbocycles. The summed E-state index contributed by atoms with van der Waals surface area (Å²) < 4.78 is 0. The van der Waals surface area contributed by atoms with Gasteiger partial charge in [0, 0.05) is 24.9 Å². The number of fused-ring (bicyclic) bond motifs is 1. The Hall–Kier alpha value is -3.01. The summed E-state index contributed by atoms with van der Waals surface area (Å²) in [6, 6.07) is 23.3. The number of hydrogen-bond acceptors (Lipinski definition) is 6. The van der Waals surface area contributed by atoms with Crippen molar-refractivity contribution in [2.75, 3.05) is 30.9 Å². The summed E-state index contributed by atoms with van der Waals surface area (Å²) in [6.07, 6.45) is 3.14. The molecule has 2 amide bonds. The molecular weight excluding hydrogens is 567 g/mol. The van der Waals surface area contributed by atoms with Crippen molar-refractivity contribution in [1.82, 2.24) is 15.5 Å². The van der Waals surface area contributed by atoms with E-state index in [0.717, 1.165) is 28.5 Å². The van der Waals surface area contributed by atoms with Gasteiger partial charge in [-0.05, 0) is 46.2 Å². The molecule has 3 N–H and O–H groups in total. The summed E-state index contributed by atoms with van der Waals surface area (Å²) in [5.41, 5.74) is 2.25. The Labute approximate surface area is 258 Å². The van der Waals surface area contributed by atoms with Crippen molar-refractivity contribution >= 4 is 52.1 Å². The van der Waals surface area contributed by atoms with Gasteiger partial charge in [0.15, 0.2) is 0 Å². The molecule has 0 aliphatic rings. The van der Waals surface area contributed by atoms with E-state index in [1.54, 1.807) is 23.5 Å². The summed E-state index contributed by atoms with van der Waals surface area (Å²) >= 11 is 3.13. The van der Waals surface area contributed by atoms with Gasteiger partial charge < -0.3 is 15.7 Å². The van der Waals surface area contributed by atoms with E-state index in [0.29, 0.717) is 31.0 Å². The highest BCUT2D eigenvalue weighted by atomic mass is 32.2. The van der Waals surface area contributed by atoms with E-state index in [2.05, 4.69) is 60.9 Å². The SMILES string of the molecule is CCC(C)[C@@H](CN(CC(=O)N[C@@H](CCSC)C(=O)O)Cc1cccc2ccccc12)NC(=O)CSCc1ccccc1. The minimum atomic E-state index is -1.03. The number of nitrogens with one attached hydrogen (secondary N) is 2. The van der Waals surface area contributed by atoms with E-state index < -0.39 is 12.0 Å².